The summed E-state index contributed by atoms with van der Waals surface area (Å²) in [6.45, 7) is 4.23. The number of aliphatic hydroxyl groups excluding tert-OH is 2. The van der Waals surface area contributed by atoms with Crippen molar-refractivity contribution in [2.75, 3.05) is 6.61 Å². The summed E-state index contributed by atoms with van der Waals surface area (Å²) in [6, 6.07) is 14.4. The van der Waals surface area contributed by atoms with Crippen molar-refractivity contribution in [3.63, 3.8) is 0 Å². The number of phenols is 1. The van der Waals surface area contributed by atoms with Gasteiger partial charge < -0.3 is 20.1 Å². The van der Waals surface area contributed by atoms with Crippen LogP contribution in [0.4, 0.5) is 0 Å². The van der Waals surface area contributed by atoms with E-state index in [1.54, 1.807) is 24.3 Å². The fourth-order valence-corrected chi connectivity index (χ4v) is 2.95. The highest BCUT2D eigenvalue weighted by atomic mass is 79.9. The molecule has 5 heteroatoms. The van der Waals surface area contributed by atoms with Crippen LogP contribution in [0.15, 0.2) is 70.4 Å². The second kappa shape index (κ2) is 11.1. The standard InChI is InChI=1S/C23H27BrO4/c1-16(2)23(27)13-17(15-28-19-8-4-3-5-9-19)7-6-10-21(25)20-14-18(24)11-12-22(20)26/h3-6,8-9,11-12,14,16,21,23,25-27H,10,13,15H2,1-2H3/t7?,21-,23-/m1/s1. The first-order valence-electron chi connectivity index (χ1n) is 9.32. The summed E-state index contributed by atoms with van der Waals surface area (Å²) >= 11 is 3.34. The highest BCUT2D eigenvalue weighted by Crippen LogP contribution is 2.29. The van der Waals surface area contributed by atoms with E-state index in [0.717, 1.165) is 15.8 Å². The average Bonchev–Trinajstić information content (AvgIpc) is 2.68. The molecular weight excluding hydrogens is 420 g/mol. The minimum absolute atomic E-state index is 0.0518. The molecule has 2 atom stereocenters. The highest BCUT2D eigenvalue weighted by molar-refractivity contribution is 9.10. The van der Waals surface area contributed by atoms with Crippen molar-refractivity contribution in [2.45, 2.75) is 38.9 Å². The number of phenolic OH excluding ortho intramolecular Hbond substituents is 1. The Morgan fingerprint density at radius 2 is 1.86 bits per heavy atom. The molecule has 0 saturated heterocycles. The number of rotatable bonds is 9. The average molecular weight is 447 g/mol. The molecule has 0 aromatic heterocycles. The second-order valence-electron chi connectivity index (χ2n) is 7.02. The van der Waals surface area contributed by atoms with Crippen LogP contribution in [0, 0.1) is 5.92 Å². The van der Waals surface area contributed by atoms with Gasteiger partial charge in [-0.25, -0.2) is 0 Å². The summed E-state index contributed by atoms with van der Waals surface area (Å²) in [7, 11) is 0. The van der Waals surface area contributed by atoms with Crippen LogP contribution in [-0.2, 0) is 0 Å². The molecule has 0 aliphatic rings. The zero-order valence-electron chi connectivity index (χ0n) is 16.2. The molecule has 0 saturated carbocycles. The molecule has 0 spiro atoms. The van der Waals surface area contributed by atoms with Crippen molar-refractivity contribution in [1.82, 2.24) is 0 Å². The van der Waals surface area contributed by atoms with E-state index in [0.29, 0.717) is 18.6 Å². The van der Waals surface area contributed by atoms with E-state index in [9.17, 15) is 15.3 Å². The summed E-state index contributed by atoms with van der Waals surface area (Å²) in [4.78, 5) is 0. The van der Waals surface area contributed by atoms with Crippen molar-refractivity contribution in [3.05, 3.63) is 75.9 Å². The lowest BCUT2D eigenvalue weighted by atomic mass is 9.99. The van der Waals surface area contributed by atoms with Gasteiger partial charge in [-0.3, -0.25) is 0 Å². The van der Waals surface area contributed by atoms with E-state index >= 15 is 0 Å². The van der Waals surface area contributed by atoms with Crippen molar-refractivity contribution in [2.24, 2.45) is 5.92 Å². The van der Waals surface area contributed by atoms with Crippen LogP contribution in [0.2, 0.25) is 0 Å². The van der Waals surface area contributed by atoms with E-state index in [4.69, 9.17) is 4.74 Å². The Balaban J connectivity index is 2.10. The Hall–Kier alpha value is -2.04. The lowest BCUT2D eigenvalue weighted by Crippen LogP contribution is -2.17. The molecule has 0 heterocycles. The molecule has 4 nitrogen and oxygen atoms in total. The van der Waals surface area contributed by atoms with Gasteiger partial charge in [-0.15, -0.1) is 5.73 Å². The summed E-state index contributed by atoms with van der Waals surface area (Å²) in [5.74, 6) is 0.925. The minimum atomic E-state index is -0.851. The normalized spacial score (nSPS) is 12.9. The summed E-state index contributed by atoms with van der Waals surface area (Å²) in [5.41, 5.74) is 4.43. The highest BCUT2D eigenvalue weighted by Gasteiger charge is 2.13. The van der Waals surface area contributed by atoms with Gasteiger partial charge in [0.05, 0.1) is 12.2 Å². The summed E-state index contributed by atoms with van der Waals surface area (Å²) < 4.78 is 6.57. The van der Waals surface area contributed by atoms with Gasteiger partial charge >= 0.3 is 0 Å². The van der Waals surface area contributed by atoms with E-state index in [-0.39, 0.29) is 18.1 Å². The third-order valence-corrected chi connectivity index (χ3v) is 4.87. The van der Waals surface area contributed by atoms with Crippen molar-refractivity contribution in [3.8, 4) is 11.5 Å². The van der Waals surface area contributed by atoms with E-state index in [2.05, 4.69) is 21.7 Å². The first-order chi connectivity index (χ1) is 13.4. The Bertz CT molecular complexity index is 811. The zero-order valence-corrected chi connectivity index (χ0v) is 17.8. The Morgan fingerprint density at radius 1 is 1.14 bits per heavy atom. The van der Waals surface area contributed by atoms with Gasteiger partial charge in [0.25, 0.3) is 0 Å². The number of halogens is 1. The minimum Gasteiger partial charge on any atom is -0.508 e. The first-order valence-corrected chi connectivity index (χ1v) is 10.1. The largest absolute Gasteiger partial charge is 0.508 e. The Kier molecular flexibility index (Phi) is 8.81. The van der Waals surface area contributed by atoms with Crippen LogP contribution < -0.4 is 4.74 Å². The third-order valence-electron chi connectivity index (χ3n) is 4.38. The van der Waals surface area contributed by atoms with Crippen LogP contribution in [-0.4, -0.2) is 28.0 Å². The molecule has 2 aromatic carbocycles. The van der Waals surface area contributed by atoms with Crippen molar-refractivity contribution >= 4 is 15.9 Å². The molecule has 0 amide bonds. The van der Waals surface area contributed by atoms with Crippen molar-refractivity contribution in [1.29, 1.82) is 0 Å². The summed E-state index contributed by atoms with van der Waals surface area (Å²) in [5, 5.41) is 30.5. The molecule has 2 aromatic rings. The second-order valence-corrected chi connectivity index (χ2v) is 7.94. The lowest BCUT2D eigenvalue weighted by molar-refractivity contribution is 0.122. The van der Waals surface area contributed by atoms with Gasteiger partial charge in [0.1, 0.15) is 18.1 Å². The maximum Gasteiger partial charge on any atom is 0.121 e. The fourth-order valence-electron chi connectivity index (χ4n) is 2.57. The van der Waals surface area contributed by atoms with Crippen LogP contribution in [0.25, 0.3) is 0 Å². The molecule has 0 radical (unpaired) electrons. The molecule has 2 rings (SSSR count). The van der Waals surface area contributed by atoms with Gasteiger partial charge in [0, 0.05) is 28.5 Å². The summed E-state index contributed by atoms with van der Waals surface area (Å²) in [6.07, 6.45) is 1.11. The van der Waals surface area contributed by atoms with Crippen LogP contribution in [0.5, 0.6) is 11.5 Å². The number of benzene rings is 2. The molecule has 0 unspecified atom stereocenters. The van der Waals surface area contributed by atoms with Crippen LogP contribution in [0.3, 0.4) is 0 Å². The first kappa shape index (κ1) is 22.3. The maximum absolute atomic E-state index is 10.4. The van der Waals surface area contributed by atoms with Crippen LogP contribution in [0.1, 0.15) is 38.4 Å². The molecular formula is C23H27BrO4. The maximum atomic E-state index is 10.4. The monoisotopic (exact) mass is 446 g/mol. The van der Waals surface area contributed by atoms with E-state index in [1.807, 2.05) is 44.2 Å². The third kappa shape index (κ3) is 7.17. The molecule has 0 bridgehead atoms. The Labute approximate surface area is 174 Å². The number of aliphatic hydroxyl groups is 2. The molecule has 0 aliphatic carbocycles. The number of hydrogen-bond acceptors (Lipinski definition) is 4. The van der Waals surface area contributed by atoms with Gasteiger partial charge in [-0.05, 0) is 42.3 Å². The Morgan fingerprint density at radius 3 is 2.54 bits per heavy atom. The molecule has 0 fully saturated rings. The van der Waals surface area contributed by atoms with Crippen LogP contribution >= 0.6 is 15.9 Å². The quantitative estimate of drug-likeness (QED) is 0.466. The molecule has 0 aliphatic heterocycles. The lowest BCUT2D eigenvalue weighted by Gasteiger charge is -2.16. The number of ether oxygens (including phenoxy) is 1. The smallest absolute Gasteiger partial charge is 0.121 e. The number of para-hydroxylation sites is 1. The molecule has 28 heavy (non-hydrogen) atoms. The predicted molar refractivity (Wildman–Crippen MR) is 114 cm³/mol. The fraction of sp³-hybridized carbons (Fsp3) is 0.348. The molecule has 3 N–H and O–H groups in total. The van der Waals surface area contributed by atoms with Gasteiger partial charge in [0.15, 0.2) is 0 Å². The van der Waals surface area contributed by atoms with Gasteiger partial charge in [-0.1, -0.05) is 48.0 Å². The topological polar surface area (TPSA) is 69.9 Å². The predicted octanol–water partition coefficient (Wildman–Crippen LogP) is 5.15. The number of aromatic hydroxyl groups is 1. The molecule has 150 valence electrons. The van der Waals surface area contributed by atoms with E-state index < -0.39 is 12.2 Å². The van der Waals surface area contributed by atoms with E-state index in [1.165, 1.54) is 0 Å². The SMILES string of the molecule is CC(C)[C@H](O)CC(=C=CC[C@@H](O)c1cc(Br)ccc1O)COc1ccccc1. The zero-order chi connectivity index (χ0) is 20.5. The van der Waals surface area contributed by atoms with Gasteiger partial charge in [0.2, 0.25) is 0 Å². The van der Waals surface area contributed by atoms with Crippen molar-refractivity contribution < 1.29 is 20.1 Å². The number of hydrogen-bond donors (Lipinski definition) is 3. The van der Waals surface area contributed by atoms with Gasteiger partial charge in [-0.2, -0.15) is 0 Å².